The fraction of sp³-hybridized carbons (Fsp3) is 0.409. The van der Waals surface area contributed by atoms with Crippen LogP contribution in [0.4, 0.5) is 11.5 Å². The van der Waals surface area contributed by atoms with Gasteiger partial charge < -0.3 is 14.4 Å². The molecule has 1 aliphatic rings. The second-order valence-electron chi connectivity index (χ2n) is 7.63. The number of nitrogens with zero attached hydrogens (tertiary/aromatic N) is 4. The quantitative estimate of drug-likeness (QED) is 0.495. The summed E-state index contributed by atoms with van der Waals surface area (Å²) >= 11 is 0. The molecule has 0 spiro atoms. The third kappa shape index (κ3) is 4.61. The summed E-state index contributed by atoms with van der Waals surface area (Å²) < 4.78 is 38.1. The minimum absolute atomic E-state index is 0.236. The zero-order valence-electron chi connectivity index (χ0n) is 18.4. The van der Waals surface area contributed by atoms with E-state index in [9.17, 15) is 8.42 Å². The van der Waals surface area contributed by atoms with Crippen LogP contribution in [0.25, 0.3) is 22.0 Å². The molecule has 0 unspecified atom stereocenters. The lowest BCUT2D eigenvalue weighted by Crippen LogP contribution is -2.27. The van der Waals surface area contributed by atoms with Gasteiger partial charge in [-0.1, -0.05) is 6.07 Å². The minimum atomic E-state index is -3.45. The highest BCUT2D eigenvalue weighted by Gasteiger charge is 2.36. The second kappa shape index (κ2) is 9.25. The van der Waals surface area contributed by atoms with Gasteiger partial charge in [0, 0.05) is 37.3 Å². The molecule has 170 valence electrons. The number of aromatic nitrogens is 3. The molecule has 1 aromatic carbocycles. The smallest absolute Gasteiger partial charge is 0.238 e. The summed E-state index contributed by atoms with van der Waals surface area (Å²) in [4.78, 5) is 15.4. The molecule has 2 heterocycles. The van der Waals surface area contributed by atoms with Crippen LogP contribution in [0, 0.1) is 0 Å². The Hall–Kier alpha value is -2.98. The van der Waals surface area contributed by atoms with Gasteiger partial charge in [0.25, 0.3) is 0 Å². The van der Waals surface area contributed by atoms with Crippen molar-refractivity contribution in [1.29, 1.82) is 0 Å². The number of nitrogens with one attached hydrogen (secondary N) is 1. The van der Waals surface area contributed by atoms with E-state index in [4.69, 9.17) is 9.47 Å². The highest BCUT2D eigenvalue weighted by atomic mass is 32.2. The van der Waals surface area contributed by atoms with Gasteiger partial charge in [-0.25, -0.2) is 23.4 Å². The topological polar surface area (TPSA) is 107 Å². The molecule has 9 nitrogen and oxygen atoms in total. The van der Waals surface area contributed by atoms with Gasteiger partial charge >= 0.3 is 0 Å². The van der Waals surface area contributed by atoms with E-state index < -0.39 is 10.0 Å². The zero-order chi connectivity index (χ0) is 22.7. The van der Waals surface area contributed by atoms with Crippen molar-refractivity contribution in [2.24, 2.45) is 0 Å². The summed E-state index contributed by atoms with van der Waals surface area (Å²) in [7, 11) is -0.301. The van der Waals surface area contributed by atoms with Gasteiger partial charge in [-0.05, 0) is 43.5 Å². The van der Waals surface area contributed by atoms with E-state index in [1.807, 2.05) is 18.2 Å². The molecule has 1 aliphatic carbocycles. The number of benzene rings is 1. The van der Waals surface area contributed by atoms with E-state index in [2.05, 4.69) is 31.5 Å². The van der Waals surface area contributed by atoms with Crippen molar-refractivity contribution in [3.05, 3.63) is 36.8 Å². The first-order valence-corrected chi connectivity index (χ1v) is 12.1. The average Bonchev–Trinajstić information content (AvgIpc) is 3.65. The van der Waals surface area contributed by atoms with Crippen LogP contribution in [0.15, 0.2) is 36.8 Å². The third-order valence-corrected chi connectivity index (χ3v) is 7.31. The normalized spacial score (nSPS) is 13.8. The lowest BCUT2D eigenvalue weighted by atomic mass is 10.0. The Bertz CT molecular complexity index is 1210. The molecule has 4 rings (SSSR count). The summed E-state index contributed by atoms with van der Waals surface area (Å²) in [5.74, 6) is 1.06. The van der Waals surface area contributed by atoms with Crippen molar-refractivity contribution in [2.45, 2.75) is 25.0 Å². The van der Waals surface area contributed by atoms with Crippen molar-refractivity contribution < 1.29 is 17.9 Å². The predicted molar refractivity (Wildman–Crippen MR) is 125 cm³/mol. The van der Waals surface area contributed by atoms with Crippen LogP contribution in [-0.4, -0.2) is 62.5 Å². The molecule has 2 aromatic heterocycles. The first-order chi connectivity index (χ1) is 15.5. The Morgan fingerprint density at radius 3 is 2.62 bits per heavy atom. The number of hydrogen-bond donors (Lipinski definition) is 1. The van der Waals surface area contributed by atoms with Crippen molar-refractivity contribution >= 4 is 32.4 Å². The summed E-state index contributed by atoms with van der Waals surface area (Å²) in [6, 6.07) is 7.62. The molecule has 1 saturated carbocycles. The fourth-order valence-electron chi connectivity index (χ4n) is 3.55. The van der Waals surface area contributed by atoms with E-state index >= 15 is 0 Å². The molecule has 0 saturated heterocycles. The Morgan fingerprint density at radius 1 is 1.12 bits per heavy atom. The van der Waals surface area contributed by atoms with Crippen LogP contribution >= 0.6 is 0 Å². The van der Waals surface area contributed by atoms with Crippen molar-refractivity contribution in [1.82, 2.24) is 15.0 Å². The standard InChI is InChI=1S/C22H27N5O4S/c1-4-27(9-10-30-2)21-18-11-15(5-8-19(18)24-14-25-21)16-12-20(22(31-3)23-13-16)26-32(28,29)17-6-7-17/h5,8,11-14,17,26H,4,6-7,9-10H2,1-3H3. The van der Waals surface area contributed by atoms with E-state index in [-0.39, 0.29) is 11.1 Å². The van der Waals surface area contributed by atoms with Gasteiger partial charge in [0.05, 0.1) is 24.5 Å². The molecule has 0 amide bonds. The molecule has 1 fully saturated rings. The average molecular weight is 458 g/mol. The van der Waals surface area contributed by atoms with Crippen LogP contribution in [0.1, 0.15) is 19.8 Å². The Labute approximate surface area is 187 Å². The van der Waals surface area contributed by atoms with Crippen LogP contribution in [0.3, 0.4) is 0 Å². The largest absolute Gasteiger partial charge is 0.480 e. The van der Waals surface area contributed by atoms with E-state index in [1.165, 1.54) is 7.11 Å². The van der Waals surface area contributed by atoms with Crippen LogP contribution in [0.5, 0.6) is 5.88 Å². The molecule has 0 aliphatic heterocycles. The first-order valence-electron chi connectivity index (χ1n) is 10.5. The number of hydrogen-bond acceptors (Lipinski definition) is 8. The number of sulfonamides is 1. The monoisotopic (exact) mass is 457 g/mol. The Morgan fingerprint density at radius 2 is 1.94 bits per heavy atom. The summed E-state index contributed by atoms with van der Waals surface area (Å²) in [6.45, 7) is 4.14. The van der Waals surface area contributed by atoms with Gasteiger partial charge in [-0.3, -0.25) is 4.72 Å². The van der Waals surface area contributed by atoms with E-state index in [0.29, 0.717) is 31.7 Å². The number of ether oxygens (including phenoxy) is 2. The van der Waals surface area contributed by atoms with Gasteiger partial charge in [0.2, 0.25) is 15.9 Å². The highest BCUT2D eigenvalue weighted by molar-refractivity contribution is 7.93. The fourth-order valence-corrected chi connectivity index (χ4v) is 4.93. The highest BCUT2D eigenvalue weighted by Crippen LogP contribution is 2.35. The molecule has 0 radical (unpaired) electrons. The summed E-state index contributed by atoms with van der Waals surface area (Å²) in [6.07, 6.45) is 4.58. The maximum Gasteiger partial charge on any atom is 0.238 e. The zero-order valence-corrected chi connectivity index (χ0v) is 19.2. The molecule has 10 heteroatoms. The molecule has 0 atom stereocenters. The van der Waals surface area contributed by atoms with Gasteiger partial charge in [-0.2, -0.15) is 0 Å². The van der Waals surface area contributed by atoms with E-state index in [0.717, 1.165) is 34.4 Å². The maximum absolute atomic E-state index is 12.5. The molecule has 3 aromatic rings. The number of anilines is 2. The van der Waals surface area contributed by atoms with E-state index in [1.54, 1.807) is 25.7 Å². The van der Waals surface area contributed by atoms with Crippen LogP contribution in [-0.2, 0) is 14.8 Å². The summed E-state index contributed by atoms with van der Waals surface area (Å²) in [5, 5.41) is 0.558. The number of likely N-dealkylation sites (N-methyl/N-ethyl adjacent to an activating group) is 1. The van der Waals surface area contributed by atoms with Crippen molar-refractivity contribution in [3.63, 3.8) is 0 Å². The first kappa shape index (κ1) is 22.2. The van der Waals surface area contributed by atoms with Gasteiger partial charge in [0.15, 0.2) is 0 Å². The van der Waals surface area contributed by atoms with Crippen molar-refractivity contribution in [3.8, 4) is 17.0 Å². The third-order valence-electron chi connectivity index (χ3n) is 5.45. The molecular weight excluding hydrogens is 430 g/mol. The maximum atomic E-state index is 12.5. The van der Waals surface area contributed by atoms with Gasteiger partial charge in [-0.15, -0.1) is 0 Å². The molecular formula is C22H27N5O4S. The Balaban J connectivity index is 1.74. The molecule has 1 N–H and O–H groups in total. The lowest BCUT2D eigenvalue weighted by Gasteiger charge is -2.23. The van der Waals surface area contributed by atoms with Crippen LogP contribution < -0.4 is 14.4 Å². The minimum Gasteiger partial charge on any atom is -0.480 e. The second-order valence-corrected chi connectivity index (χ2v) is 9.59. The lowest BCUT2D eigenvalue weighted by molar-refractivity contribution is 0.205. The number of pyridine rings is 1. The molecule has 32 heavy (non-hydrogen) atoms. The predicted octanol–water partition coefficient (Wildman–Crippen LogP) is 3.08. The van der Waals surface area contributed by atoms with Gasteiger partial charge in [0.1, 0.15) is 17.8 Å². The Kier molecular flexibility index (Phi) is 6.43. The number of fused-ring (bicyclic) bond motifs is 1. The summed E-state index contributed by atoms with van der Waals surface area (Å²) in [5.41, 5.74) is 2.79. The SMILES string of the molecule is CCN(CCOC)c1ncnc2ccc(-c3cnc(OC)c(NS(=O)(=O)C4CC4)c3)cc12. The number of methoxy groups -OCH3 is 2. The van der Waals surface area contributed by atoms with Crippen LogP contribution in [0.2, 0.25) is 0 Å². The molecule has 0 bridgehead atoms. The number of rotatable bonds is 10. The van der Waals surface area contributed by atoms with Crippen molar-refractivity contribution in [2.75, 3.05) is 43.5 Å².